The van der Waals surface area contributed by atoms with Gasteiger partial charge in [-0.25, -0.2) is 4.99 Å². The lowest BCUT2D eigenvalue weighted by Crippen LogP contribution is -2.40. The van der Waals surface area contributed by atoms with Crippen LogP contribution in [0.2, 0.25) is 0 Å². The molecule has 0 aliphatic carbocycles. The molecule has 1 heterocycles. The van der Waals surface area contributed by atoms with Gasteiger partial charge in [0.25, 0.3) is 0 Å². The van der Waals surface area contributed by atoms with Gasteiger partial charge in [0.15, 0.2) is 17.5 Å². The number of likely N-dealkylation sites (tertiary alicyclic amines) is 1. The maximum absolute atomic E-state index is 10.3. The first-order chi connectivity index (χ1) is 12.6. The fourth-order valence-corrected chi connectivity index (χ4v) is 3.47. The van der Waals surface area contributed by atoms with Crippen LogP contribution in [0.25, 0.3) is 0 Å². The average Bonchev–Trinajstić information content (AvgIpc) is 3.12. The quantitative estimate of drug-likeness (QED) is 0.550. The van der Waals surface area contributed by atoms with Crippen molar-refractivity contribution in [3.8, 4) is 11.5 Å². The van der Waals surface area contributed by atoms with Crippen LogP contribution < -0.4 is 10.1 Å². The smallest absolute Gasteiger partial charge is 0.194 e. The highest BCUT2D eigenvalue weighted by atomic mass is 16.5. The third-order valence-corrected chi connectivity index (χ3v) is 5.03. The summed E-state index contributed by atoms with van der Waals surface area (Å²) in [5.41, 5.74) is 0.777. The summed E-state index contributed by atoms with van der Waals surface area (Å²) in [7, 11) is 1.56. The minimum atomic E-state index is 0.176. The summed E-state index contributed by atoms with van der Waals surface area (Å²) < 4.78 is 5.18. The Hall–Kier alpha value is -1.95. The zero-order valence-corrected chi connectivity index (χ0v) is 16.7. The Morgan fingerprint density at radius 2 is 2.12 bits per heavy atom. The van der Waals surface area contributed by atoms with Crippen molar-refractivity contribution in [3.63, 3.8) is 0 Å². The van der Waals surface area contributed by atoms with Gasteiger partial charge in [0, 0.05) is 31.7 Å². The van der Waals surface area contributed by atoms with Crippen LogP contribution in [0.5, 0.6) is 11.5 Å². The lowest BCUT2D eigenvalue weighted by Gasteiger charge is -2.24. The molecule has 1 aromatic rings. The van der Waals surface area contributed by atoms with Crippen molar-refractivity contribution in [2.75, 3.05) is 46.4 Å². The molecule has 6 heteroatoms. The lowest BCUT2D eigenvalue weighted by atomic mass is 10.1. The number of hydrogen-bond donors (Lipinski definition) is 2. The summed E-state index contributed by atoms with van der Waals surface area (Å²) in [6, 6.07) is 5.52. The first-order valence-electron chi connectivity index (χ1n) is 9.73. The number of benzene rings is 1. The second-order valence-electron chi connectivity index (χ2n) is 6.72. The number of aliphatic imine (C=N–C) groups is 1. The van der Waals surface area contributed by atoms with Crippen molar-refractivity contribution in [1.29, 1.82) is 0 Å². The molecular weight excluding hydrogens is 328 g/mol. The molecule has 146 valence electrons. The molecule has 1 aromatic carbocycles. The van der Waals surface area contributed by atoms with Gasteiger partial charge in [0.2, 0.25) is 0 Å². The molecule has 1 fully saturated rings. The van der Waals surface area contributed by atoms with E-state index in [-0.39, 0.29) is 5.75 Å². The van der Waals surface area contributed by atoms with E-state index < -0.39 is 0 Å². The van der Waals surface area contributed by atoms with Crippen molar-refractivity contribution in [2.24, 2.45) is 10.9 Å². The number of hydrogen-bond acceptors (Lipinski definition) is 4. The zero-order valence-electron chi connectivity index (χ0n) is 16.7. The van der Waals surface area contributed by atoms with Gasteiger partial charge in [-0.3, -0.25) is 0 Å². The molecule has 0 amide bonds. The number of guanidine groups is 1. The van der Waals surface area contributed by atoms with E-state index in [1.165, 1.54) is 6.42 Å². The summed E-state index contributed by atoms with van der Waals surface area (Å²) in [4.78, 5) is 9.59. The van der Waals surface area contributed by atoms with Gasteiger partial charge in [-0.1, -0.05) is 26.0 Å². The van der Waals surface area contributed by atoms with Gasteiger partial charge in [0.05, 0.1) is 13.7 Å². The van der Waals surface area contributed by atoms with Crippen LogP contribution in [0, 0.1) is 5.92 Å². The number of rotatable bonds is 8. The number of nitrogens with one attached hydrogen (secondary N) is 1. The van der Waals surface area contributed by atoms with E-state index in [4.69, 9.17) is 9.73 Å². The first-order valence-corrected chi connectivity index (χ1v) is 9.73. The highest BCUT2D eigenvalue weighted by Gasteiger charge is 2.26. The minimum absolute atomic E-state index is 0.176. The number of phenols is 1. The third kappa shape index (κ3) is 5.27. The highest BCUT2D eigenvalue weighted by molar-refractivity contribution is 5.80. The molecule has 0 radical (unpaired) electrons. The first kappa shape index (κ1) is 20.4. The Kier molecular flexibility index (Phi) is 8.04. The van der Waals surface area contributed by atoms with Gasteiger partial charge in [-0.2, -0.15) is 0 Å². The number of phenolic OH excluding ortho intramolecular Hbond substituents is 1. The van der Waals surface area contributed by atoms with E-state index in [2.05, 4.69) is 35.9 Å². The Bertz CT molecular complexity index is 587. The largest absolute Gasteiger partial charge is 0.504 e. The van der Waals surface area contributed by atoms with Crippen LogP contribution in [0.1, 0.15) is 32.8 Å². The molecule has 0 saturated carbocycles. The third-order valence-electron chi connectivity index (χ3n) is 5.03. The Balaban J connectivity index is 2.03. The fourth-order valence-electron chi connectivity index (χ4n) is 3.47. The van der Waals surface area contributed by atoms with E-state index in [0.717, 1.165) is 50.8 Å². The van der Waals surface area contributed by atoms with E-state index >= 15 is 0 Å². The van der Waals surface area contributed by atoms with Crippen molar-refractivity contribution in [3.05, 3.63) is 23.8 Å². The Labute approximate surface area is 157 Å². The van der Waals surface area contributed by atoms with Gasteiger partial charge in [-0.05, 0) is 38.4 Å². The van der Waals surface area contributed by atoms with Crippen LogP contribution in [0.15, 0.2) is 23.2 Å². The number of nitrogens with zero attached hydrogens (tertiary/aromatic N) is 3. The monoisotopic (exact) mass is 362 g/mol. The molecule has 1 saturated heterocycles. The summed E-state index contributed by atoms with van der Waals surface area (Å²) in [5, 5.41) is 13.7. The van der Waals surface area contributed by atoms with Crippen LogP contribution >= 0.6 is 0 Å². The molecule has 1 atom stereocenters. The molecular formula is C20H34N4O2. The summed E-state index contributed by atoms with van der Waals surface area (Å²) in [6.07, 6.45) is 1.20. The van der Waals surface area contributed by atoms with Crippen LogP contribution in [-0.4, -0.2) is 67.2 Å². The molecule has 6 nitrogen and oxygen atoms in total. The van der Waals surface area contributed by atoms with Crippen molar-refractivity contribution in [1.82, 2.24) is 15.1 Å². The Morgan fingerprint density at radius 3 is 2.77 bits per heavy atom. The van der Waals surface area contributed by atoms with Gasteiger partial charge in [-0.15, -0.1) is 0 Å². The molecule has 2 rings (SSSR count). The second kappa shape index (κ2) is 10.3. The van der Waals surface area contributed by atoms with E-state index in [1.54, 1.807) is 13.2 Å². The number of aromatic hydroxyl groups is 1. The van der Waals surface area contributed by atoms with E-state index in [0.29, 0.717) is 18.2 Å². The van der Waals surface area contributed by atoms with Crippen LogP contribution in [-0.2, 0) is 6.54 Å². The SMILES string of the molecule is CCNC(=NCc1cccc(OC)c1O)N1CCC(CN(CC)CC)C1. The second-order valence-corrected chi connectivity index (χ2v) is 6.72. The summed E-state index contributed by atoms with van der Waals surface area (Å²) in [6.45, 7) is 13.2. The minimum Gasteiger partial charge on any atom is -0.504 e. The predicted octanol–water partition coefficient (Wildman–Crippen LogP) is 2.53. The maximum atomic E-state index is 10.3. The van der Waals surface area contributed by atoms with Crippen LogP contribution in [0.3, 0.4) is 0 Å². The number of ether oxygens (including phenoxy) is 1. The predicted molar refractivity (Wildman–Crippen MR) is 107 cm³/mol. The zero-order chi connectivity index (χ0) is 18.9. The standard InChI is InChI=1S/C20H34N4O2/c1-5-21-20(22-13-17-9-8-10-18(26-4)19(17)25)24-12-11-16(15-24)14-23(6-2)7-3/h8-10,16,25H,5-7,11-15H2,1-4H3,(H,21,22). The molecule has 1 unspecified atom stereocenters. The van der Waals surface area contributed by atoms with E-state index in [9.17, 15) is 5.11 Å². The van der Waals surface area contributed by atoms with E-state index in [1.807, 2.05) is 12.1 Å². The Morgan fingerprint density at radius 1 is 1.35 bits per heavy atom. The van der Waals surface area contributed by atoms with Gasteiger partial charge < -0.3 is 25.0 Å². The normalized spacial score (nSPS) is 17.8. The van der Waals surface area contributed by atoms with Gasteiger partial charge in [0.1, 0.15) is 0 Å². The molecule has 0 aromatic heterocycles. The van der Waals surface area contributed by atoms with Crippen molar-refractivity contribution in [2.45, 2.75) is 33.7 Å². The van der Waals surface area contributed by atoms with Crippen molar-refractivity contribution >= 4 is 5.96 Å². The molecule has 0 bridgehead atoms. The molecule has 2 N–H and O–H groups in total. The van der Waals surface area contributed by atoms with Gasteiger partial charge >= 0.3 is 0 Å². The highest BCUT2D eigenvalue weighted by Crippen LogP contribution is 2.29. The number of para-hydroxylation sites is 1. The topological polar surface area (TPSA) is 60.3 Å². The molecule has 26 heavy (non-hydrogen) atoms. The van der Waals surface area contributed by atoms with Crippen LogP contribution in [0.4, 0.5) is 0 Å². The maximum Gasteiger partial charge on any atom is 0.194 e. The average molecular weight is 363 g/mol. The molecule has 1 aliphatic rings. The molecule has 1 aliphatic heterocycles. The lowest BCUT2D eigenvalue weighted by molar-refractivity contribution is 0.255. The summed E-state index contributed by atoms with van der Waals surface area (Å²) >= 11 is 0. The molecule has 0 spiro atoms. The summed E-state index contributed by atoms with van der Waals surface area (Å²) in [5.74, 6) is 2.28. The van der Waals surface area contributed by atoms with Crippen molar-refractivity contribution < 1.29 is 9.84 Å². The number of methoxy groups -OCH3 is 1. The fraction of sp³-hybridized carbons (Fsp3) is 0.650.